The second kappa shape index (κ2) is 19.9. The van der Waals surface area contributed by atoms with E-state index >= 15 is 0 Å². The van der Waals surface area contributed by atoms with Crippen LogP contribution in [0.3, 0.4) is 0 Å². The van der Waals surface area contributed by atoms with Crippen LogP contribution in [-0.2, 0) is 32.5 Å². The molecule has 0 atom stereocenters. The van der Waals surface area contributed by atoms with Gasteiger partial charge in [-0.15, -0.1) is 0 Å². The molecule has 0 fully saturated rings. The van der Waals surface area contributed by atoms with Crippen molar-refractivity contribution in [3.05, 3.63) is 151 Å². The first-order chi connectivity index (χ1) is 22.7. The topological polar surface area (TPSA) is 107 Å². The number of carbonyl (C=O) groups excluding carboxylic acids is 2. The van der Waals surface area contributed by atoms with Gasteiger partial charge in [0.2, 0.25) is 0 Å². The van der Waals surface area contributed by atoms with Crippen molar-refractivity contribution in [2.75, 3.05) is 4.90 Å². The fourth-order valence-electron chi connectivity index (χ4n) is 4.22. The number of hydrogen-bond acceptors (Lipinski definition) is 6. The van der Waals surface area contributed by atoms with Crippen LogP contribution in [0.2, 0.25) is 0 Å². The molecule has 2 heterocycles. The summed E-state index contributed by atoms with van der Waals surface area (Å²) in [5.74, 6) is -0.586. The first-order valence-electron chi connectivity index (χ1n) is 13.6. The molecule has 16 heteroatoms. The third-order valence-corrected chi connectivity index (χ3v) is 9.47. The van der Waals surface area contributed by atoms with Gasteiger partial charge in [-0.25, -0.2) is 13.3 Å². The Hall–Kier alpha value is -3.09. The van der Waals surface area contributed by atoms with Gasteiger partial charge in [0, 0.05) is 6.20 Å². The Morgan fingerprint density at radius 3 is 1.27 bits per heavy atom. The zero-order valence-electron chi connectivity index (χ0n) is 24.8. The van der Waals surface area contributed by atoms with Crippen LogP contribution in [0.5, 0.6) is 0 Å². The standard InChI is InChI=1S/C18H15P.C13H8N2O2.CHCl3.CHF3O3S.Au/c1-4-10-16(11-5-1)19(17-12-6-2-7-13-17)18-14-8-3-9-15-18;16-12-10-5-1-2-6-11(10)13(17)15(12)9-4-3-7-14-8-9;2-1(3)4;2-1(3,4)8(5,6)7;/h1-15H;1-8H;1H;(H,5,6,7);/q;;;;+1. The molecule has 0 saturated heterocycles. The Balaban J connectivity index is 0.000000255. The predicted octanol–water partition coefficient (Wildman–Crippen LogP) is 7.09. The molecule has 0 N–H and O–H groups in total. The summed E-state index contributed by atoms with van der Waals surface area (Å²) in [6.45, 7) is 0. The smallest absolute Gasteiger partial charge is 0.741 e. The summed E-state index contributed by atoms with van der Waals surface area (Å²) in [5, 5.41) is 4.31. The van der Waals surface area contributed by atoms with Gasteiger partial charge >= 0.3 is 27.9 Å². The number of rotatable bonds is 4. The molecule has 7 nitrogen and oxygen atoms in total. The van der Waals surface area contributed by atoms with Crippen LogP contribution in [0.1, 0.15) is 20.7 Å². The van der Waals surface area contributed by atoms with Crippen LogP contribution in [0.4, 0.5) is 18.9 Å². The van der Waals surface area contributed by atoms with Gasteiger partial charge in [0.05, 0.1) is 30.9 Å². The van der Waals surface area contributed by atoms with Crippen molar-refractivity contribution >= 4 is 86.3 Å². The number of imide groups is 1. The Morgan fingerprint density at radius 2 is 0.980 bits per heavy atom. The molecular formula is C33H25AuCl3F3N2O5PS+. The number of aromatic nitrogens is 1. The normalized spacial score (nSPS) is 12.0. The van der Waals surface area contributed by atoms with Crippen molar-refractivity contribution in [1.29, 1.82) is 0 Å². The summed E-state index contributed by atoms with van der Waals surface area (Å²) in [7, 11) is -6.97. The van der Waals surface area contributed by atoms with E-state index in [0.29, 0.717) is 16.8 Å². The summed E-state index contributed by atoms with van der Waals surface area (Å²) in [5.41, 5.74) is -4.26. The van der Waals surface area contributed by atoms with Crippen molar-refractivity contribution in [2.24, 2.45) is 0 Å². The largest absolute Gasteiger partial charge is 1.00 e. The molecule has 5 aromatic rings. The molecule has 0 aliphatic carbocycles. The maximum atomic E-state index is 12.1. The van der Waals surface area contributed by atoms with E-state index < -0.39 is 27.8 Å². The average Bonchev–Trinajstić information content (AvgIpc) is 3.32. The van der Waals surface area contributed by atoms with Gasteiger partial charge in [-0.1, -0.05) is 102 Å². The Bertz CT molecular complexity index is 1750. The van der Waals surface area contributed by atoms with Crippen molar-refractivity contribution in [3.8, 4) is 0 Å². The molecule has 4 aromatic carbocycles. The van der Waals surface area contributed by atoms with Gasteiger partial charge in [0.1, 0.15) is 15.9 Å². The van der Waals surface area contributed by atoms with Crippen molar-refractivity contribution in [1.82, 2.24) is 4.98 Å². The number of hydrogen-bond donors (Lipinski definition) is 0. The van der Waals surface area contributed by atoms with Crippen LogP contribution < -0.4 is 20.8 Å². The van der Waals surface area contributed by atoms with Gasteiger partial charge < -0.3 is 4.55 Å². The minimum absolute atomic E-state index is 0. The van der Waals surface area contributed by atoms with E-state index in [9.17, 15) is 22.8 Å². The maximum absolute atomic E-state index is 12.1. The van der Waals surface area contributed by atoms with Crippen molar-refractivity contribution in [3.63, 3.8) is 0 Å². The number of alkyl halides is 6. The van der Waals surface area contributed by atoms with Crippen molar-refractivity contribution in [2.45, 2.75) is 9.80 Å². The third-order valence-electron chi connectivity index (χ3n) is 6.17. The first kappa shape index (κ1) is 42.1. The molecule has 0 saturated carbocycles. The zero-order valence-corrected chi connectivity index (χ0v) is 31.0. The summed E-state index contributed by atoms with van der Waals surface area (Å²) in [6.07, 6.45) is 3.10. The molecule has 2 amide bonds. The van der Waals surface area contributed by atoms with E-state index in [-0.39, 0.29) is 34.2 Å². The van der Waals surface area contributed by atoms with Gasteiger partial charge in [-0.2, -0.15) is 13.2 Å². The number of nitrogens with zero attached hydrogens (tertiary/aromatic N) is 2. The van der Waals surface area contributed by atoms with Gasteiger partial charge in [-0.05, 0) is 60.7 Å². The number of benzene rings is 4. The minimum atomic E-state index is -6.09. The monoisotopic (exact) mass is 951 g/mol. The molecule has 6 rings (SSSR count). The number of amides is 2. The minimum Gasteiger partial charge on any atom is -0.741 e. The number of carbonyl (C=O) groups is 2. The van der Waals surface area contributed by atoms with Crippen LogP contribution in [-0.4, -0.2) is 39.6 Å². The van der Waals surface area contributed by atoms with E-state index in [1.807, 2.05) is 0 Å². The molecular weight excluding hydrogens is 928 g/mol. The Labute approximate surface area is 313 Å². The quantitative estimate of drug-likeness (QED) is 0.0476. The van der Waals surface area contributed by atoms with Gasteiger partial charge in [0.25, 0.3) is 11.8 Å². The first-order valence-corrected chi connectivity index (χ1v) is 17.8. The molecule has 1 aromatic heterocycles. The number of fused-ring (bicyclic) bond motifs is 1. The van der Waals surface area contributed by atoms with Crippen LogP contribution in [0, 0.1) is 0 Å². The van der Waals surface area contributed by atoms with Crippen LogP contribution in [0.15, 0.2) is 140 Å². The van der Waals surface area contributed by atoms with Gasteiger partial charge in [0.15, 0.2) is 14.4 Å². The van der Waals surface area contributed by atoms with Crippen LogP contribution in [0.25, 0.3) is 0 Å². The van der Waals surface area contributed by atoms with E-state index in [1.165, 1.54) is 22.1 Å². The zero-order chi connectivity index (χ0) is 35.3. The molecule has 0 spiro atoms. The SMILES string of the molecule is ClC(Cl)Cl.O=C1c2ccccc2C(=O)N1c1cccnc1.O=S(=O)([O-])C(F)(F)F.[Au+].c1ccc([PH+](c2ccccc2)c2ccccc2)cc1. The summed E-state index contributed by atoms with van der Waals surface area (Å²) >= 11 is 14.4. The fraction of sp³-hybridized carbons (Fsp3) is 0.0606. The molecule has 0 unspecified atom stereocenters. The second-order valence-corrected chi connectivity index (χ2v) is 15.2. The Morgan fingerprint density at radius 1 is 0.653 bits per heavy atom. The average molecular weight is 953 g/mol. The number of halogens is 6. The predicted molar refractivity (Wildman–Crippen MR) is 185 cm³/mol. The molecule has 0 bridgehead atoms. The van der Waals surface area contributed by atoms with Gasteiger partial charge in [-0.3, -0.25) is 14.6 Å². The van der Waals surface area contributed by atoms with E-state index in [4.69, 9.17) is 47.8 Å². The maximum Gasteiger partial charge on any atom is 1.00 e. The Kier molecular flexibility index (Phi) is 17.1. The number of anilines is 1. The van der Waals surface area contributed by atoms with Crippen molar-refractivity contribution < 1.29 is 58.1 Å². The van der Waals surface area contributed by atoms with E-state index in [2.05, 4.69) is 96.0 Å². The fourth-order valence-corrected chi connectivity index (χ4v) is 6.80. The summed E-state index contributed by atoms with van der Waals surface area (Å²) < 4.78 is 58.2. The molecule has 260 valence electrons. The summed E-state index contributed by atoms with van der Waals surface area (Å²) in [4.78, 5) is 29.2. The van der Waals surface area contributed by atoms with E-state index in [0.717, 1.165) is 4.90 Å². The molecule has 0 radical (unpaired) electrons. The second-order valence-electron chi connectivity index (χ2n) is 9.32. The van der Waals surface area contributed by atoms with E-state index in [1.54, 1.807) is 42.6 Å². The molecule has 1 aliphatic heterocycles. The third kappa shape index (κ3) is 12.6. The molecule has 1 aliphatic rings. The molecule has 49 heavy (non-hydrogen) atoms. The number of pyridine rings is 1. The summed E-state index contributed by atoms with van der Waals surface area (Å²) in [6, 6.07) is 42.7. The van der Waals surface area contributed by atoms with Crippen LogP contribution >= 0.6 is 42.7 Å².